The lowest BCUT2D eigenvalue weighted by Gasteiger charge is -2.40. The number of piperidine rings is 1. The topological polar surface area (TPSA) is 41.3 Å². The molecule has 3 nitrogen and oxygen atoms in total. The van der Waals surface area contributed by atoms with E-state index in [4.69, 9.17) is 5.73 Å². The van der Waals surface area contributed by atoms with Gasteiger partial charge in [-0.2, -0.15) is 0 Å². The van der Waals surface area contributed by atoms with Gasteiger partial charge < -0.3 is 16.0 Å². The molecular weight excluding hydrogens is 210 g/mol. The Labute approximate surface area is 107 Å². The number of hydrogen-bond donors (Lipinski definition) is 2. The highest BCUT2D eigenvalue weighted by Crippen LogP contribution is 2.34. The Kier molecular flexibility index (Phi) is 5.90. The van der Waals surface area contributed by atoms with Crippen LogP contribution in [0.2, 0.25) is 0 Å². The Balaban J connectivity index is 2.25. The average Bonchev–Trinajstić information content (AvgIpc) is 2.25. The molecule has 1 aliphatic heterocycles. The molecule has 1 fully saturated rings. The van der Waals surface area contributed by atoms with Crippen LogP contribution in [0.3, 0.4) is 0 Å². The van der Waals surface area contributed by atoms with Crippen LogP contribution in [0.4, 0.5) is 0 Å². The van der Waals surface area contributed by atoms with Crippen molar-refractivity contribution in [1.29, 1.82) is 0 Å². The second-order valence-corrected chi connectivity index (χ2v) is 6.51. The molecule has 17 heavy (non-hydrogen) atoms. The van der Waals surface area contributed by atoms with Gasteiger partial charge in [-0.3, -0.25) is 0 Å². The van der Waals surface area contributed by atoms with E-state index in [1.807, 2.05) is 0 Å². The van der Waals surface area contributed by atoms with E-state index in [1.54, 1.807) is 0 Å². The average molecular weight is 241 g/mol. The summed E-state index contributed by atoms with van der Waals surface area (Å²) in [5.41, 5.74) is 6.17. The SMILES string of the molecule is CC(N)CCNCC(C)(C)C1CCN(C)CC1. The van der Waals surface area contributed by atoms with Crippen LogP contribution in [0.5, 0.6) is 0 Å². The summed E-state index contributed by atoms with van der Waals surface area (Å²) < 4.78 is 0. The van der Waals surface area contributed by atoms with E-state index in [0.29, 0.717) is 11.5 Å². The minimum Gasteiger partial charge on any atom is -0.328 e. The van der Waals surface area contributed by atoms with Crippen LogP contribution >= 0.6 is 0 Å². The maximum Gasteiger partial charge on any atom is 0.00225 e. The summed E-state index contributed by atoms with van der Waals surface area (Å²) in [4.78, 5) is 2.44. The quantitative estimate of drug-likeness (QED) is 0.695. The Hall–Kier alpha value is -0.120. The third-order valence-corrected chi connectivity index (χ3v) is 4.18. The second kappa shape index (κ2) is 6.72. The molecule has 0 saturated carbocycles. The summed E-state index contributed by atoms with van der Waals surface area (Å²) in [6.07, 6.45) is 3.76. The molecule has 0 bridgehead atoms. The summed E-state index contributed by atoms with van der Waals surface area (Å²) in [5, 5.41) is 3.57. The minimum atomic E-state index is 0.314. The molecule has 3 heteroatoms. The fraction of sp³-hybridized carbons (Fsp3) is 1.00. The molecule has 1 unspecified atom stereocenters. The fourth-order valence-corrected chi connectivity index (χ4v) is 2.67. The van der Waals surface area contributed by atoms with Gasteiger partial charge in [-0.05, 0) is 64.2 Å². The number of nitrogens with two attached hydrogens (primary N) is 1. The first-order valence-corrected chi connectivity index (χ1v) is 7.06. The van der Waals surface area contributed by atoms with Crippen LogP contribution in [-0.2, 0) is 0 Å². The smallest absolute Gasteiger partial charge is 0.00225 e. The van der Waals surface area contributed by atoms with Gasteiger partial charge in [0.2, 0.25) is 0 Å². The first-order valence-electron chi connectivity index (χ1n) is 7.06. The van der Waals surface area contributed by atoms with Crippen molar-refractivity contribution in [1.82, 2.24) is 10.2 Å². The van der Waals surface area contributed by atoms with E-state index >= 15 is 0 Å². The predicted octanol–water partition coefficient (Wildman–Crippen LogP) is 1.68. The lowest BCUT2D eigenvalue weighted by molar-refractivity contribution is 0.113. The highest BCUT2D eigenvalue weighted by atomic mass is 15.1. The highest BCUT2D eigenvalue weighted by Gasteiger charge is 2.31. The summed E-state index contributed by atoms with van der Waals surface area (Å²) in [5.74, 6) is 0.862. The van der Waals surface area contributed by atoms with E-state index in [0.717, 1.165) is 25.4 Å². The monoisotopic (exact) mass is 241 g/mol. The Morgan fingerprint density at radius 3 is 2.47 bits per heavy atom. The standard InChI is InChI=1S/C14H31N3/c1-12(15)5-8-16-11-14(2,3)13-6-9-17(4)10-7-13/h12-13,16H,5-11,15H2,1-4H3. The maximum atomic E-state index is 5.75. The van der Waals surface area contributed by atoms with Crippen molar-refractivity contribution in [3.8, 4) is 0 Å². The Morgan fingerprint density at radius 1 is 1.35 bits per heavy atom. The van der Waals surface area contributed by atoms with E-state index in [1.165, 1.54) is 25.9 Å². The summed E-state index contributed by atoms with van der Waals surface area (Å²) in [7, 11) is 2.23. The van der Waals surface area contributed by atoms with Gasteiger partial charge in [0.15, 0.2) is 0 Å². The highest BCUT2D eigenvalue weighted by molar-refractivity contribution is 4.84. The van der Waals surface area contributed by atoms with Gasteiger partial charge in [-0.1, -0.05) is 13.8 Å². The molecule has 102 valence electrons. The lowest BCUT2D eigenvalue weighted by Crippen LogP contribution is -2.42. The predicted molar refractivity (Wildman–Crippen MR) is 75.1 cm³/mol. The van der Waals surface area contributed by atoms with Crippen molar-refractivity contribution in [3.63, 3.8) is 0 Å². The minimum absolute atomic E-state index is 0.314. The van der Waals surface area contributed by atoms with Crippen molar-refractivity contribution >= 4 is 0 Å². The number of hydrogen-bond acceptors (Lipinski definition) is 3. The molecule has 0 aromatic heterocycles. The molecule has 0 aliphatic carbocycles. The van der Waals surface area contributed by atoms with E-state index in [2.05, 4.69) is 38.0 Å². The maximum absolute atomic E-state index is 5.75. The lowest BCUT2D eigenvalue weighted by atomic mass is 9.73. The zero-order valence-corrected chi connectivity index (χ0v) is 12.1. The molecule has 1 rings (SSSR count). The van der Waals surface area contributed by atoms with Crippen LogP contribution in [0, 0.1) is 11.3 Å². The van der Waals surface area contributed by atoms with Crippen LogP contribution in [0.25, 0.3) is 0 Å². The summed E-state index contributed by atoms with van der Waals surface area (Å²) in [6, 6.07) is 0.314. The number of likely N-dealkylation sites (tertiary alicyclic amines) is 1. The first kappa shape index (κ1) is 14.9. The molecule has 1 heterocycles. The van der Waals surface area contributed by atoms with Gasteiger partial charge in [-0.15, -0.1) is 0 Å². The zero-order valence-electron chi connectivity index (χ0n) is 12.1. The van der Waals surface area contributed by atoms with Crippen molar-refractivity contribution in [2.45, 2.75) is 46.1 Å². The van der Waals surface area contributed by atoms with Crippen LogP contribution in [-0.4, -0.2) is 44.2 Å². The van der Waals surface area contributed by atoms with E-state index in [9.17, 15) is 0 Å². The number of rotatable bonds is 6. The summed E-state index contributed by atoms with van der Waals surface area (Å²) >= 11 is 0. The van der Waals surface area contributed by atoms with Gasteiger partial charge >= 0.3 is 0 Å². The number of nitrogens with one attached hydrogen (secondary N) is 1. The normalized spacial score (nSPS) is 21.7. The molecule has 1 atom stereocenters. The molecule has 1 aliphatic rings. The fourth-order valence-electron chi connectivity index (χ4n) is 2.67. The van der Waals surface area contributed by atoms with Gasteiger partial charge in [0.05, 0.1) is 0 Å². The third kappa shape index (κ3) is 5.36. The van der Waals surface area contributed by atoms with E-state index < -0.39 is 0 Å². The van der Waals surface area contributed by atoms with Gasteiger partial charge in [0.25, 0.3) is 0 Å². The van der Waals surface area contributed by atoms with Crippen molar-refractivity contribution in [2.75, 3.05) is 33.2 Å². The van der Waals surface area contributed by atoms with Crippen molar-refractivity contribution < 1.29 is 0 Å². The molecule has 0 radical (unpaired) electrons. The molecule has 0 amide bonds. The van der Waals surface area contributed by atoms with Gasteiger partial charge in [-0.25, -0.2) is 0 Å². The molecular formula is C14H31N3. The first-order chi connectivity index (χ1) is 7.92. The molecule has 1 saturated heterocycles. The van der Waals surface area contributed by atoms with Crippen LogP contribution in [0.1, 0.15) is 40.0 Å². The van der Waals surface area contributed by atoms with E-state index in [-0.39, 0.29) is 0 Å². The summed E-state index contributed by atoms with van der Waals surface area (Å²) in [6.45, 7) is 11.6. The van der Waals surface area contributed by atoms with Crippen LogP contribution < -0.4 is 11.1 Å². The Bertz CT molecular complexity index is 206. The molecule has 3 N–H and O–H groups in total. The van der Waals surface area contributed by atoms with Crippen LogP contribution in [0.15, 0.2) is 0 Å². The zero-order chi connectivity index (χ0) is 12.9. The molecule has 0 aromatic rings. The van der Waals surface area contributed by atoms with Crippen molar-refractivity contribution in [3.05, 3.63) is 0 Å². The molecule has 0 spiro atoms. The third-order valence-electron chi connectivity index (χ3n) is 4.18. The van der Waals surface area contributed by atoms with Gasteiger partial charge in [0, 0.05) is 12.6 Å². The van der Waals surface area contributed by atoms with Gasteiger partial charge in [0.1, 0.15) is 0 Å². The Morgan fingerprint density at radius 2 is 1.94 bits per heavy atom. The van der Waals surface area contributed by atoms with Crippen molar-refractivity contribution in [2.24, 2.45) is 17.1 Å². The largest absolute Gasteiger partial charge is 0.328 e. The second-order valence-electron chi connectivity index (χ2n) is 6.51. The number of nitrogens with zero attached hydrogens (tertiary/aromatic N) is 1. The molecule has 0 aromatic carbocycles.